The summed E-state index contributed by atoms with van der Waals surface area (Å²) in [7, 11) is 0. The SMILES string of the molecule is Clc1ccccc1OCC1CN1Cc1ccccc1. The first kappa shape index (κ1) is 12.5. The Labute approximate surface area is 118 Å². The predicted molar refractivity (Wildman–Crippen MR) is 77.6 cm³/mol. The van der Waals surface area contributed by atoms with Crippen molar-refractivity contribution in [2.75, 3.05) is 13.2 Å². The molecule has 1 aliphatic heterocycles. The van der Waals surface area contributed by atoms with Crippen LogP contribution in [0.15, 0.2) is 54.6 Å². The second kappa shape index (κ2) is 5.64. The fraction of sp³-hybridized carbons (Fsp3) is 0.250. The number of nitrogens with zero attached hydrogens (tertiary/aromatic N) is 1. The molecule has 3 rings (SSSR count). The highest BCUT2D eigenvalue weighted by Gasteiger charge is 2.34. The quantitative estimate of drug-likeness (QED) is 0.772. The Balaban J connectivity index is 1.48. The van der Waals surface area contributed by atoms with E-state index in [9.17, 15) is 0 Å². The van der Waals surface area contributed by atoms with Crippen molar-refractivity contribution in [3.63, 3.8) is 0 Å². The highest BCUT2D eigenvalue weighted by atomic mass is 35.5. The fourth-order valence-corrected chi connectivity index (χ4v) is 2.33. The molecular weight excluding hydrogens is 258 g/mol. The van der Waals surface area contributed by atoms with Crippen LogP contribution in [0.5, 0.6) is 5.75 Å². The van der Waals surface area contributed by atoms with E-state index in [-0.39, 0.29) is 0 Å². The maximum atomic E-state index is 6.06. The molecule has 2 nitrogen and oxygen atoms in total. The number of benzene rings is 2. The minimum Gasteiger partial charge on any atom is -0.490 e. The van der Waals surface area contributed by atoms with E-state index in [4.69, 9.17) is 16.3 Å². The molecule has 0 amide bonds. The van der Waals surface area contributed by atoms with Crippen LogP contribution in [-0.4, -0.2) is 24.1 Å². The molecule has 3 heteroatoms. The lowest BCUT2D eigenvalue weighted by atomic mass is 10.2. The Kier molecular flexibility index (Phi) is 3.72. The number of rotatable bonds is 5. The monoisotopic (exact) mass is 273 g/mol. The largest absolute Gasteiger partial charge is 0.490 e. The molecule has 2 aromatic carbocycles. The van der Waals surface area contributed by atoms with Crippen LogP contribution >= 0.6 is 11.6 Å². The first-order valence-electron chi connectivity index (χ1n) is 6.48. The van der Waals surface area contributed by atoms with Crippen molar-refractivity contribution in [3.8, 4) is 5.75 Å². The van der Waals surface area contributed by atoms with Gasteiger partial charge in [0, 0.05) is 13.1 Å². The van der Waals surface area contributed by atoms with Crippen molar-refractivity contribution >= 4 is 11.6 Å². The molecule has 0 aliphatic carbocycles. The summed E-state index contributed by atoms with van der Waals surface area (Å²) in [4.78, 5) is 2.40. The van der Waals surface area contributed by atoms with E-state index in [1.54, 1.807) is 0 Å². The Morgan fingerprint density at radius 2 is 1.79 bits per heavy atom. The van der Waals surface area contributed by atoms with Crippen LogP contribution in [-0.2, 0) is 6.54 Å². The van der Waals surface area contributed by atoms with E-state index >= 15 is 0 Å². The van der Waals surface area contributed by atoms with Gasteiger partial charge in [0.2, 0.25) is 0 Å². The second-order valence-corrected chi connectivity index (χ2v) is 5.22. The van der Waals surface area contributed by atoms with E-state index in [0.717, 1.165) is 18.8 Å². The third-order valence-electron chi connectivity index (χ3n) is 3.32. The van der Waals surface area contributed by atoms with Gasteiger partial charge in [-0.25, -0.2) is 0 Å². The van der Waals surface area contributed by atoms with Gasteiger partial charge in [-0.2, -0.15) is 0 Å². The maximum absolute atomic E-state index is 6.06. The van der Waals surface area contributed by atoms with Crippen molar-refractivity contribution in [2.24, 2.45) is 0 Å². The van der Waals surface area contributed by atoms with E-state index in [1.165, 1.54) is 5.56 Å². The molecule has 1 saturated heterocycles. The van der Waals surface area contributed by atoms with Crippen LogP contribution in [0.3, 0.4) is 0 Å². The van der Waals surface area contributed by atoms with Crippen molar-refractivity contribution in [3.05, 3.63) is 65.2 Å². The van der Waals surface area contributed by atoms with Gasteiger partial charge in [-0.05, 0) is 17.7 Å². The van der Waals surface area contributed by atoms with Crippen LogP contribution in [0.1, 0.15) is 5.56 Å². The fourth-order valence-electron chi connectivity index (χ4n) is 2.14. The molecule has 0 spiro atoms. The first-order valence-corrected chi connectivity index (χ1v) is 6.86. The highest BCUT2D eigenvalue weighted by Crippen LogP contribution is 2.26. The normalized spacial score (nSPS) is 21.1. The lowest BCUT2D eigenvalue weighted by molar-refractivity contribution is 0.293. The summed E-state index contributed by atoms with van der Waals surface area (Å²) < 4.78 is 5.76. The van der Waals surface area contributed by atoms with Gasteiger partial charge in [-0.3, -0.25) is 4.90 Å². The zero-order valence-corrected chi connectivity index (χ0v) is 11.4. The second-order valence-electron chi connectivity index (χ2n) is 4.81. The summed E-state index contributed by atoms with van der Waals surface area (Å²) in [5.41, 5.74) is 1.35. The number of ether oxygens (including phenoxy) is 1. The lowest BCUT2D eigenvalue weighted by Gasteiger charge is -2.08. The smallest absolute Gasteiger partial charge is 0.137 e. The average molecular weight is 274 g/mol. The molecule has 2 aromatic rings. The van der Waals surface area contributed by atoms with Gasteiger partial charge in [-0.15, -0.1) is 0 Å². The van der Waals surface area contributed by atoms with Crippen LogP contribution < -0.4 is 4.74 Å². The van der Waals surface area contributed by atoms with Gasteiger partial charge in [0.15, 0.2) is 0 Å². The summed E-state index contributed by atoms with van der Waals surface area (Å²) in [6, 6.07) is 18.6. The molecule has 19 heavy (non-hydrogen) atoms. The van der Waals surface area contributed by atoms with Gasteiger partial charge in [0.05, 0.1) is 11.1 Å². The molecular formula is C16H16ClNO. The summed E-state index contributed by atoms with van der Waals surface area (Å²) in [6.45, 7) is 2.80. The number of hydrogen-bond acceptors (Lipinski definition) is 2. The topological polar surface area (TPSA) is 12.2 Å². The molecule has 2 unspecified atom stereocenters. The third-order valence-corrected chi connectivity index (χ3v) is 3.64. The van der Waals surface area contributed by atoms with Crippen LogP contribution in [0.25, 0.3) is 0 Å². The number of para-hydroxylation sites is 1. The minimum absolute atomic E-state index is 0.511. The zero-order chi connectivity index (χ0) is 13.1. The van der Waals surface area contributed by atoms with Crippen molar-refractivity contribution in [2.45, 2.75) is 12.6 Å². The molecule has 1 heterocycles. The minimum atomic E-state index is 0.511. The predicted octanol–water partition coefficient (Wildman–Crippen LogP) is 3.60. The van der Waals surface area contributed by atoms with Crippen LogP contribution in [0.4, 0.5) is 0 Å². The van der Waals surface area contributed by atoms with Crippen molar-refractivity contribution in [1.82, 2.24) is 4.90 Å². The maximum Gasteiger partial charge on any atom is 0.137 e. The molecule has 1 aliphatic rings. The summed E-state index contributed by atoms with van der Waals surface area (Å²) in [5.74, 6) is 0.774. The average Bonchev–Trinajstić information content (AvgIpc) is 3.17. The molecule has 2 atom stereocenters. The van der Waals surface area contributed by atoms with Crippen LogP contribution in [0, 0.1) is 0 Å². The van der Waals surface area contributed by atoms with E-state index in [1.807, 2.05) is 30.3 Å². The highest BCUT2D eigenvalue weighted by molar-refractivity contribution is 6.32. The standard InChI is InChI=1S/C16H16ClNO/c17-15-8-4-5-9-16(15)19-12-14-11-18(14)10-13-6-2-1-3-7-13/h1-9,14H,10-12H2. The van der Waals surface area contributed by atoms with Crippen LogP contribution in [0.2, 0.25) is 5.02 Å². The molecule has 0 radical (unpaired) electrons. The van der Waals surface area contributed by atoms with E-state index in [0.29, 0.717) is 17.7 Å². The third kappa shape index (κ3) is 3.28. The molecule has 1 fully saturated rings. The van der Waals surface area contributed by atoms with Crippen molar-refractivity contribution in [1.29, 1.82) is 0 Å². The number of halogens is 1. The molecule has 0 bridgehead atoms. The molecule has 0 saturated carbocycles. The van der Waals surface area contributed by atoms with Gasteiger partial charge >= 0.3 is 0 Å². The van der Waals surface area contributed by atoms with E-state index in [2.05, 4.69) is 29.2 Å². The Morgan fingerprint density at radius 3 is 2.58 bits per heavy atom. The lowest BCUT2D eigenvalue weighted by Crippen LogP contribution is -2.11. The Bertz CT molecular complexity index is 543. The molecule has 0 N–H and O–H groups in total. The van der Waals surface area contributed by atoms with Gasteiger partial charge in [0.25, 0.3) is 0 Å². The van der Waals surface area contributed by atoms with Gasteiger partial charge < -0.3 is 4.74 Å². The van der Waals surface area contributed by atoms with Crippen molar-refractivity contribution < 1.29 is 4.74 Å². The van der Waals surface area contributed by atoms with Gasteiger partial charge in [-0.1, -0.05) is 54.1 Å². The number of hydrogen-bond donors (Lipinski definition) is 0. The van der Waals surface area contributed by atoms with E-state index < -0.39 is 0 Å². The summed E-state index contributed by atoms with van der Waals surface area (Å²) >= 11 is 6.06. The Hall–Kier alpha value is -1.51. The Morgan fingerprint density at radius 1 is 1.05 bits per heavy atom. The zero-order valence-electron chi connectivity index (χ0n) is 10.6. The molecule has 98 valence electrons. The van der Waals surface area contributed by atoms with Gasteiger partial charge in [0.1, 0.15) is 12.4 Å². The molecule has 0 aromatic heterocycles. The first-order chi connectivity index (χ1) is 9.33. The summed E-state index contributed by atoms with van der Waals surface area (Å²) in [5, 5.41) is 0.678. The summed E-state index contributed by atoms with van der Waals surface area (Å²) in [6.07, 6.45) is 0.